The molecule has 0 atom stereocenters. The van der Waals surface area contributed by atoms with E-state index in [1.54, 1.807) is 23.1 Å². The van der Waals surface area contributed by atoms with E-state index in [2.05, 4.69) is 12.2 Å². The molecular weight excluding hydrogens is 310 g/mol. The molecular formula is C15H16ClNOS2. The van der Waals surface area contributed by atoms with Crippen LogP contribution in [-0.2, 0) is 17.0 Å². The van der Waals surface area contributed by atoms with Crippen molar-refractivity contribution in [3.63, 3.8) is 0 Å². The molecule has 0 spiro atoms. The molecule has 2 nitrogen and oxygen atoms in total. The summed E-state index contributed by atoms with van der Waals surface area (Å²) in [5.74, 6) is 1.30. The lowest BCUT2D eigenvalue weighted by Gasteiger charge is -2.05. The summed E-state index contributed by atoms with van der Waals surface area (Å²) < 4.78 is 0.793. The molecule has 1 N–H and O–H groups in total. The quantitative estimate of drug-likeness (QED) is 0.823. The highest BCUT2D eigenvalue weighted by Crippen LogP contribution is 2.25. The molecule has 1 heterocycles. The van der Waals surface area contributed by atoms with Crippen LogP contribution in [0.1, 0.15) is 17.4 Å². The van der Waals surface area contributed by atoms with Gasteiger partial charge in [-0.2, -0.15) is 0 Å². The summed E-state index contributed by atoms with van der Waals surface area (Å²) in [7, 11) is 0. The molecule has 1 aromatic heterocycles. The van der Waals surface area contributed by atoms with Crippen LogP contribution >= 0.6 is 34.7 Å². The fourth-order valence-electron chi connectivity index (χ4n) is 1.69. The molecule has 0 unspecified atom stereocenters. The number of hydrogen-bond acceptors (Lipinski definition) is 3. The van der Waals surface area contributed by atoms with Crippen molar-refractivity contribution >= 4 is 46.3 Å². The first-order valence-electron chi connectivity index (χ1n) is 6.38. The molecule has 0 aliphatic heterocycles. The zero-order chi connectivity index (χ0) is 14.4. The number of anilines is 1. The fraction of sp³-hybridized carbons (Fsp3) is 0.267. The third kappa shape index (κ3) is 4.85. The second kappa shape index (κ2) is 7.72. The van der Waals surface area contributed by atoms with Gasteiger partial charge in [-0.3, -0.25) is 4.79 Å². The summed E-state index contributed by atoms with van der Waals surface area (Å²) in [6.45, 7) is 2.11. The summed E-state index contributed by atoms with van der Waals surface area (Å²) in [6, 6.07) is 11.9. The Kier molecular flexibility index (Phi) is 5.95. The predicted octanol–water partition coefficient (Wildman–Crippen LogP) is 4.84. The van der Waals surface area contributed by atoms with Crippen molar-refractivity contribution in [1.82, 2.24) is 0 Å². The van der Waals surface area contributed by atoms with Crippen molar-refractivity contribution in [3.05, 3.63) is 51.2 Å². The normalized spacial score (nSPS) is 10.5. The van der Waals surface area contributed by atoms with Crippen LogP contribution in [0, 0.1) is 0 Å². The monoisotopic (exact) mass is 325 g/mol. The highest BCUT2D eigenvalue weighted by atomic mass is 35.5. The number of carbonyl (C=O) groups is 1. The number of aryl methyl sites for hydroxylation is 1. The first-order valence-corrected chi connectivity index (χ1v) is 8.73. The molecule has 1 aromatic carbocycles. The standard InChI is InChI=1S/C15H16ClNOS2/c1-2-11-3-5-12(6-4-11)17-15(18)10-19-9-13-7-8-14(16)20-13/h3-8H,2,9-10H2,1H3,(H,17,18). The van der Waals surface area contributed by atoms with Gasteiger partial charge in [0.2, 0.25) is 5.91 Å². The van der Waals surface area contributed by atoms with E-state index in [4.69, 9.17) is 11.6 Å². The maximum atomic E-state index is 11.8. The lowest BCUT2D eigenvalue weighted by atomic mass is 10.1. The zero-order valence-electron chi connectivity index (χ0n) is 11.2. The lowest BCUT2D eigenvalue weighted by molar-refractivity contribution is -0.113. The Balaban J connectivity index is 1.74. The number of nitrogens with one attached hydrogen (secondary N) is 1. The highest BCUT2D eigenvalue weighted by molar-refractivity contribution is 7.99. The van der Waals surface area contributed by atoms with Crippen molar-refractivity contribution in [3.8, 4) is 0 Å². The third-order valence-corrected chi connectivity index (χ3v) is 5.15. The van der Waals surface area contributed by atoms with E-state index in [9.17, 15) is 4.79 Å². The first-order chi connectivity index (χ1) is 9.67. The van der Waals surface area contributed by atoms with E-state index in [-0.39, 0.29) is 5.91 Å². The summed E-state index contributed by atoms with van der Waals surface area (Å²) >= 11 is 9.02. The van der Waals surface area contributed by atoms with Gasteiger partial charge in [0.25, 0.3) is 0 Å². The fourth-order valence-corrected chi connectivity index (χ4v) is 3.72. The lowest BCUT2D eigenvalue weighted by Crippen LogP contribution is -2.14. The van der Waals surface area contributed by atoms with Gasteiger partial charge >= 0.3 is 0 Å². The van der Waals surface area contributed by atoms with Crippen LogP contribution in [0.15, 0.2) is 36.4 Å². The van der Waals surface area contributed by atoms with E-state index in [1.807, 2.05) is 36.4 Å². The summed E-state index contributed by atoms with van der Waals surface area (Å²) in [5.41, 5.74) is 2.12. The van der Waals surface area contributed by atoms with E-state index in [0.29, 0.717) is 5.75 Å². The van der Waals surface area contributed by atoms with Crippen LogP contribution < -0.4 is 5.32 Å². The number of rotatable bonds is 6. The van der Waals surface area contributed by atoms with Crippen LogP contribution in [0.3, 0.4) is 0 Å². The molecule has 0 saturated carbocycles. The van der Waals surface area contributed by atoms with Gasteiger partial charge in [0.15, 0.2) is 0 Å². The predicted molar refractivity (Wildman–Crippen MR) is 89.9 cm³/mol. The molecule has 0 radical (unpaired) electrons. The average molecular weight is 326 g/mol. The van der Waals surface area contributed by atoms with Gasteiger partial charge in [-0.05, 0) is 36.2 Å². The third-order valence-electron chi connectivity index (χ3n) is 2.75. The number of thioether (sulfide) groups is 1. The minimum atomic E-state index is 0.0295. The second-order valence-corrected chi connectivity index (χ2v) is 7.08. The molecule has 2 aromatic rings. The molecule has 0 aliphatic rings. The van der Waals surface area contributed by atoms with Crippen LogP contribution in [-0.4, -0.2) is 11.7 Å². The zero-order valence-corrected chi connectivity index (χ0v) is 13.6. The maximum absolute atomic E-state index is 11.8. The van der Waals surface area contributed by atoms with E-state index in [0.717, 1.165) is 22.2 Å². The van der Waals surface area contributed by atoms with E-state index < -0.39 is 0 Å². The van der Waals surface area contributed by atoms with Gasteiger partial charge in [-0.15, -0.1) is 23.1 Å². The van der Waals surface area contributed by atoms with E-state index in [1.165, 1.54) is 10.4 Å². The van der Waals surface area contributed by atoms with Gasteiger partial charge in [0, 0.05) is 16.3 Å². The number of benzene rings is 1. The van der Waals surface area contributed by atoms with Crippen LogP contribution in [0.5, 0.6) is 0 Å². The smallest absolute Gasteiger partial charge is 0.234 e. The minimum Gasteiger partial charge on any atom is -0.325 e. The van der Waals surface area contributed by atoms with Crippen LogP contribution in [0.4, 0.5) is 5.69 Å². The van der Waals surface area contributed by atoms with Gasteiger partial charge in [-0.1, -0.05) is 30.7 Å². The average Bonchev–Trinajstić information content (AvgIpc) is 2.85. The largest absolute Gasteiger partial charge is 0.325 e. The minimum absolute atomic E-state index is 0.0295. The molecule has 2 rings (SSSR count). The summed E-state index contributed by atoms with van der Waals surface area (Å²) in [6.07, 6.45) is 1.01. The Morgan fingerprint density at radius 2 is 2.00 bits per heavy atom. The molecule has 106 valence electrons. The summed E-state index contributed by atoms with van der Waals surface area (Å²) in [4.78, 5) is 13.0. The van der Waals surface area contributed by atoms with Crippen molar-refractivity contribution in [2.24, 2.45) is 0 Å². The topological polar surface area (TPSA) is 29.1 Å². The van der Waals surface area contributed by atoms with Crippen LogP contribution in [0.25, 0.3) is 0 Å². The number of halogens is 1. The molecule has 0 bridgehead atoms. The molecule has 0 saturated heterocycles. The molecule has 5 heteroatoms. The summed E-state index contributed by atoms with van der Waals surface area (Å²) in [5, 5.41) is 2.90. The van der Waals surface area contributed by atoms with Gasteiger partial charge < -0.3 is 5.32 Å². The number of amides is 1. The SMILES string of the molecule is CCc1ccc(NC(=O)CSCc2ccc(Cl)s2)cc1. The molecule has 20 heavy (non-hydrogen) atoms. The number of hydrogen-bond donors (Lipinski definition) is 1. The molecule has 0 aliphatic carbocycles. The van der Waals surface area contributed by atoms with E-state index >= 15 is 0 Å². The Morgan fingerprint density at radius 3 is 2.60 bits per heavy atom. The number of carbonyl (C=O) groups excluding carboxylic acids is 1. The van der Waals surface area contributed by atoms with Crippen molar-refractivity contribution in [2.45, 2.75) is 19.1 Å². The second-order valence-electron chi connectivity index (χ2n) is 4.30. The van der Waals surface area contributed by atoms with Crippen molar-refractivity contribution in [1.29, 1.82) is 0 Å². The Morgan fingerprint density at radius 1 is 1.25 bits per heavy atom. The van der Waals surface area contributed by atoms with Crippen LogP contribution in [0.2, 0.25) is 4.34 Å². The first kappa shape index (κ1) is 15.4. The maximum Gasteiger partial charge on any atom is 0.234 e. The number of thiophene rings is 1. The Bertz CT molecular complexity index is 566. The Hall–Kier alpha value is -0.970. The molecule has 0 fully saturated rings. The van der Waals surface area contributed by atoms with Crippen molar-refractivity contribution < 1.29 is 4.79 Å². The van der Waals surface area contributed by atoms with Crippen molar-refractivity contribution in [2.75, 3.05) is 11.1 Å². The van der Waals surface area contributed by atoms with Gasteiger partial charge in [0.05, 0.1) is 10.1 Å². The van der Waals surface area contributed by atoms with Gasteiger partial charge in [0.1, 0.15) is 0 Å². The van der Waals surface area contributed by atoms with Gasteiger partial charge in [-0.25, -0.2) is 0 Å². The highest BCUT2D eigenvalue weighted by Gasteiger charge is 2.04. The Labute approximate surface area is 132 Å². The molecule has 1 amide bonds.